The van der Waals surface area contributed by atoms with E-state index in [0.717, 1.165) is 0 Å². The molecule has 1 amide bonds. The lowest BCUT2D eigenvalue weighted by Gasteiger charge is -2.33. The molecule has 8 nitrogen and oxygen atoms in total. The molecule has 1 fully saturated rings. The zero-order valence-corrected chi connectivity index (χ0v) is 16.4. The van der Waals surface area contributed by atoms with Crippen molar-refractivity contribution in [2.45, 2.75) is 26.7 Å². The van der Waals surface area contributed by atoms with E-state index in [-0.39, 0.29) is 18.1 Å². The molecule has 1 saturated heterocycles. The van der Waals surface area contributed by atoms with Crippen LogP contribution in [-0.2, 0) is 17.6 Å². The van der Waals surface area contributed by atoms with Gasteiger partial charge in [0.1, 0.15) is 11.6 Å². The molecule has 0 bridgehead atoms. The Morgan fingerprint density at radius 2 is 1.97 bits per heavy atom. The van der Waals surface area contributed by atoms with Gasteiger partial charge in [0.2, 0.25) is 17.7 Å². The second-order valence-electron chi connectivity index (χ2n) is 6.91. The fraction of sp³-hybridized carbons (Fsp3) is 0.400. The molecule has 152 valence electrons. The average Bonchev–Trinajstić information content (AvgIpc) is 3.35. The maximum absolute atomic E-state index is 13.4. The number of aromatic nitrogens is 3. The predicted octanol–water partition coefficient (Wildman–Crippen LogP) is 2.63. The molecule has 2 aromatic heterocycles. The van der Waals surface area contributed by atoms with Crippen LogP contribution in [0.25, 0.3) is 11.5 Å². The minimum absolute atomic E-state index is 0.0216. The Bertz CT molecular complexity index is 1010. The molecule has 0 N–H and O–H groups in total. The first-order valence-electron chi connectivity index (χ1n) is 9.61. The van der Waals surface area contributed by atoms with Crippen molar-refractivity contribution in [1.82, 2.24) is 20.1 Å². The van der Waals surface area contributed by atoms with Gasteiger partial charge >= 0.3 is 6.01 Å². The van der Waals surface area contributed by atoms with Crippen LogP contribution in [0.2, 0.25) is 0 Å². The van der Waals surface area contributed by atoms with Crippen molar-refractivity contribution < 1.29 is 18.0 Å². The van der Waals surface area contributed by atoms with E-state index in [4.69, 9.17) is 8.83 Å². The zero-order valence-electron chi connectivity index (χ0n) is 16.4. The van der Waals surface area contributed by atoms with Gasteiger partial charge in [0, 0.05) is 38.2 Å². The molecule has 1 aliphatic heterocycles. The molecule has 0 atom stereocenters. The topological polar surface area (TPSA) is 88.5 Å². The summed E-state index contributed by atoms with van der Waals surface area (Å²) in [6.45, 7) is 6.11. The van der Waals surface area contributed by atoms with Crippen LogP contribution in [0.5, 0.6) is 0 Å². The summed E-state index contributed by atoms with van der Waals surface area (Å²) in [6.07, 6.45) is 0.839. The highest BCUT2D eigenvalue weighted by Crippen LogP contribution is 2.23. The van der Waals surface area contributed by atoms with Crippen LogP contribution in [-0.4, -0.2) is 52.2 Å². The molecule has 0 unspecified atom stereocenters. The number of oxazole rings is 1. The van der Waals surface area contributed by atoms with E-state index in [1.165, 1.54) is 12.1 Å². The van der Waals surface area contributed by atoms with Crippen molar-refractivity contribution in [2.24, 2.45) is 0 Å². The summed E-state index contributed by atoms with van der Waals surface area (Å²) < 4.78 is 24.7. The van der Waals surface area contributed by atoms with E-state index in [1.807, 2.05) is 11.8 Å². The van der Waals surface area contributed by atoms with E-state index >= 15 is 0 Å². The van der Waals surface area contributed by atoms with Crippen LogP contribution in [0, 0.1) is 12.7 Å². The Kier molecular flexibility index (Phi) is 5.28. The molecule has 3 aromatic rings. The van der Waals surface area contributed by atoms with Crippen LogP contribution in [0.1, 0.15) is 24.3 Å². The number of benzene rings is 1. The third-order valence-corrected chi connectivity index (χ3v) is 4.94. The van der Waals surface area contributed by atoms with Crippen molar-refractivity contribution in [1.29, 1.82) is 0 Å². The second kappa shape index (κ2) is 8.02. The first-order valence-corrected chi connectivity index (χ1v) is 9.61. The van der Waals surface area contributed by atoms with E-state index in [9.17, 15) is 9.18 Å². The van der Waals surface area contributed by atoms with Gasteiger partial charge in [-0.3, -0.25) is 4.79 Å². The number of anilines is 1. The molecule has 3 heterocycles. The standard InChI is InChI=1S/C20H22FN5O3/c1-3-17-23-24-20(29-17)26-9-7-25(8-10-26)18(27)12-16-13(2)28-19(22-16)14-5-4-6-15(21)11-14/h4-6,11H,3,7-10,12H2,1-2H3. The summed E-state index contributed by atoms with van der Waals surface area (Å²) in [5.41, 5.74) is 1.12. The highest BCUT2D eigenvalue weighted by atomic mass is 19.1. The Morgan fingerprint density at radius 1 is 1.17 bits per heavy atom. The first kappa shape index (κ1) is 19.1. The van der Waals surface area contributed by atoms with Gasteiger partial charge in [-0.15, -0.1) is 5.10 Å². The average molecular weight is 399 g/mol. The van der Waals surface area contributed by atoms with Crippen molar-refractivity contribution in [2.75, 3.05) is 31.1 Å². The largest absolute Gasteiger partial charge is 0.441 e. The number of amides is 1. The molecule has 0 saturated carbocycles. The smallest absolute Gasteiger partial charge is 0.318 e. The molecule has 29 heavy (non-hydrogen) atoms. The minimum Gasteiger partial charge on any atom is -0.441 e. The lowest BCUT2D eigenvalue weighted by Crippen LogP contribution is -2.49. The summed E-state index contributed by atoms with van der Waals surface area (Å²) in [4.78, 5) is 20.9. The SMILES string of the molecule is CCc1nnc(N2CCN(C(=O)Cc3nc(-c4cccc(F)c4)oc3C)CC2)o1. The lowest BCUT2D eigenvalue weighted by molar-refractivity contribution is -0.130. The van der Waals surface area contributed by atoms with Crippen LogP contribution in [0.3, 0.4) is 0 Å². The molecular formula is C20H22FN5O3. The van der Waals surface area contributed by atoms with E-state index in [1.54, 1.807) is 24.0 Å². The summed E-state index contributed by atoms with van der Waals surface area (Å²) in [5.74, 6) is 1.11. The second-order valence-corrected chi connectivity index (χ2v) is 6.91. The van der Waals surface area contributed by atoms with Gasteiger partial charge in [-0.1, -0.05) is 18.1 Å². The quantitative estimate of drug-likeness (QED) is 0.652. The highest BCUT2D eigenvalue weighted by Gasteiger charge is 2.25. The van der Waals surface area contributed by atoms with Gasteiger partial charge in [0.05, 0.1) is 12.1 Å². The molecule has 0 radical (unpaired) electrons. The minimum atomic E-state index is -0.360. The molecule has 0 spiro atoms. The van der Waals surface area contributed by atoms with Crippen molar-refractivity contribution >= 4 is 11.9 Å². The summed E-state index contributed by atoms with van der Waals surface area (Å²) in [7, 11) is 0. The van der Waals surface area contributed by atoms with E-state index in [2.05, 4.69) is 15.2 Å². The van der Waals surface area contributed by atoms with Crippen LogP contribution < -0.4 is 4.90 Å². The van der Waals surface area contributed by atoms with Gasteiger partial charge in [-0.2, -0.15) is 0 Å². The normalized spacial score (nSPS) is 14.4. The monoisotopic (exact) mass is 399 g/mol. The predicted molar refractivity (Wildman–Crippen MR) is 103 cm³/mol. The highest BCUT2D eigenvalue weighted by molar-refractivity contribution is 5.79. The fourth-order valence-electron chi connectivity index (χ4n) is 3.25. The maximum Gasteiger partial charge on any atom is 0.318 e. The zero-order chi connectivity index (χ0) is 20.4. The number of halogens is 1. The van der Waals surface area contributed by atoms with E-state index < -0.39 is 0 Å². The van der Waals surface area contributed by atoms with Crippen molar-refractivity contribution in [3.8, 4) is 11.5 Å². The maximum atomic E-state index is 13.4. The number of hydrogen-bond acceptors (Lipinski definition) is 7. The summed E-state index contributed by atoms with van der Waals surface area (Å²) in [5, 5.41) is 8.04. The van der Waals surface area contributed by atoms with Gasteiger partial charge in [0.25, 0.3) is 0 Å². The van der Waals surface area contributed by atoms with Crippen molar-refractivity contribution in [3.63, 3.8) is 0 Å². The Morgan fingerprint density at radius 3 is 2.66 bits per heavy atom. The fourth-order valence-corrected chi connectivity index (χ4v) is 3.25. The van der Waals surface area contributed by atoms with Gasteiger partial charge in [0.15, 0.2) is 0 Å². The molecular weight excluding hydrogens is 377 g/mol. The molecule has 9 heteroatoms. The van der Waals surface area contributed by atoms with Gasteiger partial charge in [-0.25, -0.2) is 9.37 Å². The van der Waals surface area contributed by atoms with Crippen LogP contribution >= 0.6 is 0 Å². The molecule has 4 rings (SSSR count). The third-order valence-electron chi connectivity index (χ3n) is 4.94. The number of nitrogens with zero attached hydrogens (tertiary/aromatic N) is 5. The number of carbonyl (C=O) groups is 1. The van der Waals surface area contributed by atoms with Gasteiger partial charge < -0.3 is 18.6 Å². The van der Waals surface area contributed by atoms with Gasteiger partial charge in [-0.05, 0) is 25.1 Å². The van der Waals surface area contributed by atoms with E-state index in [0.29, 0.717) is 67.4 Å². The Hall–Kier alpha value is -3.23. The molecule has 1 aromatic carbocycles. The lowest BCUT2D eigenvalue weighted by atomic mass is 10.2. The van der Waals surface area contributed by atoms with Crippen LogP contribution in [0.15, 0.2) is 33.1 Å². The Balaban J connectivity index is 1.38. The van der Waals surface area contributed by atoms with Crippen LogP contribution in [0.4, 0.5) is 10.4 Å². The summed E-state index contributed by atoms with van der Waals surface area (Å²) in [6, 6.07) is 6.54. The number of piperazine rings is 1. The number of carbonyl (C=O) groups excluding carboxylic acids is 1. The number of hydrogen-bond donors (Lipinski definition) is 0. The Labute approximate surface area is 167 Å². The summed E-state index contributed by atoms with van der Waals surface area (Å²) >= 11 is 0. The number of aryl methyl sites for hydroxylation is 2. The number of rotatable bonds is 5. The third kappa shape index (κ3) is 4.13. The molecule has 0 aliphatic carbocycles. The van der Waals surface area contributed by atoms with Crippen molar-refractivity contribution in [3.05, 3.63) is 47.4 Å². The molecule has 1 aliphatic rings. The first-order chi connectivity index (χ1) is 14.0.